The highest BCUT2D eigenvalue weighted by Crippen LogP contribution is 2.34. The molecule has 0 aliphatic carbocycles. The molecule has 2 amide bonds. The molecule has 8 nitrogen and oxygen atoms in total. The largest absolute Gasteiger partial charge is 0.509 e. The molecule has 2 aliphatic heterocycles. The van der Waals surface area contributed by atoms with Gasteiger partial charge in [0, 0.05) is 12.5 Å². The molecular weight excluding hydrogens is 328 g/mol. The SMILES string of the molecule is COC(=O)O[C@H]1CC[C@H]2CC(NC(=O)OCc3ccccc3)C(=O)N21. The minimum atomic E-state index is -0.822. The summed E-state index contributed by atoms with van der Waals surface area (Å²) in [5.41, 5.74) is 0.863. The molecule has 2 fully saturated rings. The molecule has 0 saturated carbocycles. The molecule has 3 rings (SSSR count). The molecule has 8 heteroatoms. The number of hydrogen-bond donors (Lipinski definition) is 1. The fraction of sp³-hybridized carbons (Fsp3) is 0.471. The fourth-order valence-electron chi connectivity index (χ4n) is 3.26. The summed E-state index contributed by atoms with van der Waals surface area (Å²) in [7, 11) is 1.22. The van der Waals surface area contributed by atoms with E-state index in [0.29, 0.717) is 19.3 Å². The van der Waals surface area contributed by atoms with Gasteiger partial charge in [0.15, 0.2) is 6.23 Å². The lowest BCUT2D eigenvalue weighted by Gasteiger charge is -2.23. The number of hydrogen-bond acceptors (Lipinski definition) is 6. The Kier molecular flexibility index (Phi) is 5.06. The minimum absolute atomic E-state index is 0.0541. The summed E-state index contributed by atoms with van der Waals surface area (Å²) >= 11 is 0. The van der Waals surface area contributed by atoms with Gasteiger partial charge in [0.25, 0.3) is 0 Å². The zero-order valence-electron chi connectivity index (χ0n) is 13.8. The number of carbonyl (C=O) groups is 3. The second kappa shape index (κ2) is 7.42. The molecule has 1 unspecified atom stereocenters. The maximum atomic E-state index is 12.5. The van der Waals surface area contributed by atoms with Crippen molar-refractivity contribution in [1.29, 1.82) is 0 Å². The van der Waals surface area contributed by atoms with Gasteiger partial charge in [-0.2, -0.15) is 0 Å². The average Bonchev–Trinajstić information content (AvgIpc) is 3.15. The molecule has 1 N–H and O–H groups in total. The predicted octanol–water partition coefficient (Wildman–Crippen LogP) is 1.79. The Hall–Kier alpha value is -2.77. The highest BCUT2D eigenvalue weighted by Gasteiger charge is 2.49. The summed E-state index contributed by atoms with van der Waals surface area (Å²) in [5.74, 6) is -0.270. The Bertz CT molecular complexity index is 650. The van der Waals surface area contributed by atoms with E-state index in [1.54, 1.807) is 0 Å². The monoisotopic (exact) mass is 348 g/mol. The lowest BCUT2D eigenvalue weighted by molar-refractivity contribution is -0.138. The van der Waals surface area contributed by atoms with E-state index in [0.717, 1.165) is 5.56 Å². The number of benzene rings is 1. The lowest BCUT2D eigenvalue weighted by Crippen LogP contribution is -2.45. The van der Waals surface area contributed by atoms with Crippen molar-refractivity contribution in [3.05, 3.63) is 35.9 Å². The highest BCUT2D eigenvalue weighted by atomic mass is 16.7. The number of nitrogens with zero attached hydrogens (tertiary/aromatic N) is 1. The van der Waals surface area contributed by atoms with Gasteiger partial charge in [-0.1, -0.05) is 30.3 Å². The van der Waals surface area contributed by atoms with E-state index in [-0.39, 0.29) is 18.6 Å². The van der Waals surface area contributed by atoms with Crippen LogP contribution >= 0.6 is 0 Å². The molecule has 0 bridgehead atoms. The Morgan fingerprint density at radius 3 is 2.72 bits per heavy atom. The predicted molar refractivity (Wildman–Crippen MR) is 85.3 cm³/mol. The van der Waals surface area contributed by atoms with E-state index >= 15 is 0 Å². The summed E-state index contributed by atoms with van der Waals surface area (Å²) < 4.78 is 14.7. The molecule has 3 atom stereocenters. The van der Waals surface area contributed by atoms with Crippen LogP contribution in [0, 0.1) is 0 Å². The van der Waals surface area contributed by atoms with Crippen molar-refractivity contribution >= 4 is 18.2 Å². The smallest absolute Gasteiger partial charge is 0.445 e. The van der Waals surface area contributed by atoms with Gasteiger partial charge in [-0.05, 0) is 18.4 Å². The normalized spacial score (nSPS) is 24.6. The second-order valence-electron chi connectivity index (χ2n) is 6.00. The van der Waals surface area contributed by atoms with E-state index in [2.05, 4.69) is 10.1 Å². The molecule has 134 valence electrons. The third-order valence-electron chi connectivity index (χ3n) is 4.41. The highest BCUT2D eigenvalue weighted by molar-refractivity contribution is 5.88. The number of alkyl carbamates (subject to hydrolysis) is 1. The van der Waals surface area contributed by atoms with Crippen LogP contribution in [0.1, 0.15) is 24.8 Å². The topological polar surface area (TPSA) is 94.2 Å². The molecule has 0 radical (unpaired) electrons. The van der Waals surface area contributed by atoms with Crippen LogP contribution in [0.5, 0.6) is 0 Å². The molecular formula is C17H20N2O6. The number of fused-ring (bicyclic) bond motifs is 1. The summed E-state index contributed by atoms with van der Waals surface area (Å²) in [6.07, 6.45) is -0.357. The summed E-state index contributed by atoms with van der Waals surface area (Å²) in [6.45, 7) is 0.134. The van der Waals surface area contributed by atoms with Crippen LogP contribution in [0.4, 0.5) is 9.59 Å². The van der Waals surface area contributed by atoms with Crippen molar-refractivity contribution in [3.8, 4) is 0 Å². The zero-order valence-corrected chi connectivity index (χ0v) is 13.8. The van der Waals surface area contributed by atoms with Crippen LogP contribution < -0.4 is 5.32 Å². The van der Waals surface area contributed by atoms with Gasteiger partial charge in [-0.3, -0.25) is 4.79 Å². The maximum absolute atomic E-state index is 12.5. The van der Waals surface area contributed by atoms with E-state index in [1.807, 2.05) is 30.3 Å². The Morgan fingerprint density at radius 2 is 2.00 bits per heavy atom. The third kappa shape index (κ3) is 3.84. The molecule has 2 saturated heterocycles. The van der Waals surface area contributed by atoms with Crippen LogP contribution in [0.2, 0.25) is 0 Å². The quantitative estimate of drug-likeness (QED) is 0.834. The van der Waals surface area contributed by atoms with Crippen molar-refractivity contribution < 1.29 is 28.6 Å². The third-order valence-corrected chi connectivity index (χ3v) is 4.41. The van der Waals surface area contributed by atoms with Crippen LogP contribution in [0.3, 0.4) is 0 Å². The first kappa shape index (κ1) is 17.1. The Balaban J connectivity index is 1.52. The van der Waals surface area contributed by atoms with Crippen LogP contribution in [0.15, 0.2) is 30.3 Å². The van der Waals surface area contributed by atoms with Gasteiger partial charge in [0.05, 0.1) is 7.11 Å². The first-order valence-corrected chi connectivity index (χ1v) is 8.12. The van der Waals surface area contributed by atoms with Crippen LogP contribution in [-0.2, 0) is 25.6 Å². The van der Waals surface area contributed by atoms with Crippen molar-refractivity contribution in [2.75, 3.05) is 7.11 Å². The average molecular weight is 348 g/mol. The van der Waals surface area contributed by atoms with Crippen molar-refractivity contribution in [2.24, 2.45) is 0 Å². The van der Waals surface area contributed by atoms with Crippen molar-refractivity contribution in [3.63, 3.8) is 0 Å². The standard InChI is InChI=1S/C17H20N2O6/c1-23-17(22)25-14-8-7-12-9-13(15(20)19(12)14)18-16(21)24-10-11-5-3-2-4-6-11/h2-6,12-14H,7-10H2,1H3,(H,18,21)/t12-,13?,14-/m0/s1. The lowest BCUT2D eigenvalue weighted by atomic mass is 10.1. The molecule has 0 spiro atoms. The number of rotatable bonds is 4. The van der Waals surface area contributed by atoms with Crippen molar-refractivity contribution in [1.82, 2.24) is 10.2 Å². The first-order chi connectivity index (χ1) is 12.1. The van der Waals surface area contributed by atoms with Gasteiger partial charge < -0.3 is 24.4 Å². The number of nitrogens with one attached hydrogen (secondary N) is 1. The van der Waals surface area contributed by atoms with Crippen molar-refractivity contribution in [2.45, 2.75) is 44.2 Å². The number of carbonyl (C=O) groups excluding carboxylic acids is 3. The molecule has 1 aromatic carbocycles. The fourth-order valence-corrected chi connectivity index (χ4v) is 3.26. The number of ether oxygens (including phenoxy) is 3. The van der Waals surface area contributed by atoms with E-state index in [4.69, 9.17) is 9.47 Å². The van der Waals surface area contributed by atoms with Gasteiger partial charge in [0.1, 0.15) is 12.6 Å². The number of methoxy groups -OCH3 is 1. The zero-order chi connectivity index (χ0) is 17.8. The molecule has 1 aromatic rings. The van der Waals surface area contributed by atoms with E-state index in [1.165, 1.54) is 12.0 Å². The Morgan fingerprint density at radius 1 is 1.24 bits per heavy atom. The van der Waals surface area contributed by atoms with Gasteiger partial charge in [-0.15, -0.1) is 0 Å². The van der Waals surface area contributed by atoms with E-state index < -0.39 is 24.5 Å². The molecule has 25 heavy (non-hydrogen) atoms. The van der Waals surface area contributed by atoms with Crippen LogP contribution in [0.25, 0.3) is 0 Å². The van der Waals surface area contributed by atoms with Gasteiger partial charge in [0.2, 0.25) is 5.91 Å². The van der Waals surface area contributed by atoms with Crippen LogP contribution in [-0.4, -0.2) is 48.5 Å². The summed E-state index contributed by atoms with van der Waals surface area (Å²) in [4.78, 5) is 37.2. The summed E-state index contributed by atoms with van der Waals surface area (Å²) in [5, 5.41) is 2.59. The minimum Gasteiger partial charge on any atom is -0.445 e. The Labute approximate surface area is 145 Å². The van der Waals surface area contributed by atoms with Gasteiger partial charge in [-0.25, -0.2) is 9.59 Å². The molecule has 0 aromatic heterocycles. The second-order valence-corrected chi connectivity index (χ2v) is 6.00. The summed E-state index contributed by atoms with van der Waals surface area (Å²) in [6, 6.07) is 8.55. The first-order valence-electron chi connectivity index (χ1n) is 8.12. The maximum Gasteiger partial charge on any atom is 0.509 e. The molecule has 2 aliphatic rings. The molecule has 2 heterocycles. The van der Waals surface area contributed by atoms with E-state index in [9.17, 15) is 14.4 Å². The van der Waals surface area contributed by atoms with Gasteiger partial charge >= 0.3 is 12.2 Å². The number of amides is 2.